The fourth-order valence-corrected chi connectivity index (χ4v) is 10.4. The Morgan fingerprint density at radius 1 is 0.371 bits per heavy atom. The molecule has 10 heteroatoms. The van der Waals surface area contributed by atoms with E-state index in [1.807, 2.05) is 13.8 Å². The molecule has 0 aliphatic rings. The molecule has 6 atom stereocenters. The van der Waals surface area contributed by atoms with Crippen LogP contribution in [0, 0.1) is 0 Å². The molecule has 8 nitrogen and oxygen atoms in total. The summed E-state index contributed by atoms with van der Waals surface area (Å²) >= 11 is 2.68. The normalized spacial score (nSPS) is 15.0. The molecule has 370 valence electrons. The van der Waals surface area contributed by atoms with Gasteiger partial charge in [0.25, 0.3) is 0 Å². The maximum atomic E-state index is 13.1. The summed E-state index contributed by atoms with van der Waals surface area (Å²) in [6.07, 6.45) is 32.3. The van der Waals surface area contributed by atoms with Crippen LogP contribution in [0.1, 0.15) is 247 Å². The molecule has 4 N–H and O–H groups in total. The first-order valence-electron chi connectivity index (χ1n) is 26.5. The monoisotopic (exact) mass is 917 g/mol. The van der Waals surface area contributed by atoms with Crippen molar-refractivity contribution in [3.8, 4) is 0 Å². The van der Waals surface area contributed by atoms with Crippen molar-refractivity contribution in [1.29, 1.82) is 0 Å². The van der Waals surface area contributed by atoms with E-state index in [-0.39, 0.29) is 20.7 Å². The van der Waals surface area contributed by atoms with Crippen molar-refractivity contribution >= 4 is 33.8 Å². The van der Waals surface area contributed by atoms with Crippen LogP contribution in [0.4, 0.5) is 0 Å². The third-order valence-electron chi connectivity index (χ3n) is 12.4. The van der Waals surface area contributed by atoms with E-state index in [0.717, 1.165) is 77.0 Å². The first-order valence-corrected chi connectivity index (χ1v) is 28.3. The van der Waals surface area contributed by atoms with Crippen LogP contribution < -0.4 is 0 Å². The molecule has 62 heavy (non-hydrogen) atoms. The van der Waals surface area contributed by atoms with Crippen LogP contribution in [-0.2, 0) is 9.59 Å². The summed E-state index contributed by atoms with van der Waals surface area (Å²) in [7, 11) is 0. The molecule has 0 aromatic heterocycles. The van der Waals surface area contributed by atoms with E-state index in [1.54, 1.807) is 0 Å². The zero-order chi connectivity index (χ0) is 46.1. The van der Waals surface area contributed by atoms with E-state index in [9.17, 15) is 30.0 Å². The van der Waals surface area contributed by atoms with Crippen LogP contribution >= 0.6 is 23.5 Å². The molecule has 0 radical (unpaired) electrons. The summed E-state index contributed by atoms with van der Waals surface area (Å²) in [6.45, 7) is 16.5. The first kappa shape index (κ1) is 61.8. The van der Waals surface area contributed by atoms with Gasteiger partial charge in [-0.15, -0.1) is 0 Å². The Hall–Kier alpha value is -0.200. The van der Waals surface area contributed by atoms with Crippen molar-refractivity contribution in [3.63, 3.8) is 0 Å². The zero-order valence-electron chi connectivity index (χ0n) is 41.7. The number of carbonyl (C=O) groups is 2. The van der Waals surface area contributed by atoms with Crippen molar-refractivity contribution in [2.75, 3.05) is 39.3 Å². The summed E-state index contributed by atoms with van der Waals surface area (Å²) in [5.41, 5.74) is 0. The van der Waals surface area contributed by atoms with E-state index in [1.165, 1.54) is 126 Å². The lowest BCUT2D eigenvalue weighted by molar-refractivity contribution is -0.112. The van der Waals surface area contributed by atoms with Crippen LogP contribution in [0.2, 0.25) is 0 Å². The van der Waals surface area contributed by atoms with Gasteiger partial charge in [-0.2, -0.15) is 0 Å². The molecule has 0 aromatic rings. The fraction of sp³-hybridized carbons (Fsp3) is 0.962. The molecule has 0 amide bonds. The molecule has 0 spiro atoms. The highest BCUT2D eigenvalue weighted by Gasteiger charge is 2.22. The van der Waals surface area contributed by atoms with Crippen molar-refractivity contribution in [3.05, 3.63) is 0 Å². The van der Waals surface area contributed by atoms with Crippen LogP contribution in [0.5, 0.6) is 0 Å². The Balaban J connectivity index is 4.93. The average molecular weight is 918 g/mol. The summed E-state index contributed by atoms with van der Waals surface area (Å²) < 4.78 is 0. The lowest BCUT2D eigenvalue weighted by Gasteiger charge is -2.27. The number of hydrogen-bond acceptors (Lipinski definition) is 10. The van der Waals surface area contributed by atoms with Gasteiger partial charge in [-0.25, -0.2) is 0 Å². The second-order valence-corrected chi connectivity index (χ2v) is 21.8. The molecule has 6 unspecified atom stereocenters. The van der Waals surface area contributed by atoms with Crippen LogP contribution in [0.25, 0.3) is 0 Å². The molecular formula is C52H104N2O6S2. The highest BCUT2D eigenvalue weighted by atomic mass is 32.2. The number of rotatable bonds is 47. The Morgan fingerprint density at radius 2 is 0.597 bits per heavy atom. The van der Waals surface area contributed by atoms with Crippen molar-refractivity contribution in [2.45, 2.75) is 282 Å². The molecule has 0 aromatic carbocycles. The smallest absolute Gasteiger partial charge is 0.189 e. The number of thioether (sulfide) groups is 2. The van der Waals surface area contributed by atoms with E-state index in [4.69, 9.17) is 0 Å². The third kappa shape index (κ3) is 40.1. The van der Waals surface area contributed by atoms with E-state index in [2.05, 4.69) is 37.5 Å². The molecule has 0 fully saturated rings. The second kappa shape index (κ2) is 44.6. The minimum absolute atomic E-state index is 0.00316. The second-order valence-electron chi connectivity index (χ2n) is 19.0. The number of nitrogens with zero attached hydrogens (tertiary/aromatic N) is 2. The van der Waals surface area contributed by atoms with Crippen LogP contribution in [0.3, 0.4) is 0 Å². The molecule has 0 aliphatic heterocycles. The summed E-state index contributed by atoms with van der Waals surface area (Å²) in [5, 5.41) is 43.9. The Morgan fingerprint density at radius 3 is 0.839 bits per heavy atom. The largest absolute Gasteiger partial charge is 0.392 e. The number of aliphatic hydroxyl groups is 4. The van der Waals surface area contributed by atoms with E-state index < -0.39 is 24.4 Å². The molecule has 0 aliphatic carbocycles. The quantitative estimate of drug-likeness (QED) is 0.0439. The van der Waals surface area contributed by atoms with Crippen LogP contribution in [-0.4, -0.2) is 115 Å². The SMILES string of the molecule is CCCCCCCCC(O)CN(CCCC(=O)SC(C)C(C)SC(=O)CCCN(CC(O)CCCCCCCC)CC(O)CCCCCCCC)CC(O)CCCCCCCC. The number of aliphatic hydroxyl groups excluding tert-OH is 4. The minimum atomic E-state index is -0.422. The lowest BCUT2D eigenvalue weighted by Crippen LogP contribution is -2.39. The van der Waals surface area contributed by atoms with Crippen molar-refractivity contribution in [1.82, 2.24) is 9.80 Å². The topological polar surface area (TPSA) is 122 Å². The maximum absolute atomic E-state index is 13.1. The number of hydrogen-bond donors (Lipinski definition) is 4. The summed E-state index contributed by atoms with van der Waals surface area (Å²) in [4.78, 5) is 30.6. The van der Waals surface area contributed by atoms with Gasteiger partial charge in [0.1, 0.15) is 0 Å². The standard InChI is InChI=1S/C52H104N2O6S2/c1-7-11-15-19-23-27-33-47(55)41-53(42-48(56)34-28-24-20-16-12-8-2)39-31-37-51(59)61-45(5)46(6)62-52(60)38-32-40-54(43-49(57)35-29-25-21-17-13-9-3)44-50(58)36-30-26-22-18-14-10-4/h45-50,55-58H,7-44H2,1-6H3. The van der Waals surface area contributed by atoms with Gasteiger partial charge in [0.2, 0.25) is 0 Å². The molecule has 0 heterocycles. The van der Waals surface area contributed by atoms with Gasteiger partial charge in [0.05, 0.1) is 24.4 Å². The molecule has 0 saturated carbocycles. The van der Waals surface area contributed by atoms with Gasteiger partial charge < -0.3 is 20.4 Å². The maximum Gasteiger partial charge on any atom is 0.189 e. The van der Waals surface area contributed by atoms with Gasteiger partial charge in [-0.3, -0.25) is 19.4 Å². The summed E-state index contributed by atoms with van der Waals surface area (Å²) in [5.74, 6) is 0. The highest BCUT2D eigenvalue weighted by Crippen LogP contribution is 2.28. The lowest BCUT2D eigenvalue weighted by atomic mass is 10.1. The van der Waals surface area contributed by atoms with Gasteiger partial charge in [0, 0.05) is 49.5 Å². The molecular weight excluding hydrogens is 813 g/mol. The first-order chi connectivity index (χ1) is 29.9. The van der Waals surface area contributed by atoms with Crippen LogP contribution in [0.15, 0.2) is 0 Å². The van der Waals surface area contributed by atoms with E-state index in [0.29, 0.717) is 65.0 Å². The summed E-state index contributed by atoms with van der Waals surface area (Å²) in [6, 6.07) is 0. The predicted octanol–water partition coefficient (Wildman–Crippen LogP) is 12.9. The number of unbranched alkanes of at least 4 members (excludes halogenated alkanes) is 20. The fourth-order valence-electron chi connectivity index (χ4n) is 8.33. The Bertz CT molecular complexity index is 871. The van der Waals surface area contributed by atoms with Gasteiger partial charge in [0.15, 0.2) is 10.2 Å². The minimum Gasteiger partial charge on any atom is -0.392 e. The molecule has 0 bridgehead atoms. The molecule has 0 saturated heterocycles. The zero-order valence-corrected chi connectivity index (χ0v) is 43.3. The van der Waals surface area contributed by atoms with E-state index >= 15 is 0 Å². The van der Waals surface area contributed by atoms with Crippen molar-refractivity contribution < 1.29 is 30.0 Å². The Kier molecular flexibility index (Phi) is 44.5. The number of carbonyl (C=O) groups excluding carboxylic acids is 2. The van der Waals surface area contributed by atoms with Gasteiger partial charge in [-0.1, -0.05) is 219 Å². The predicted molar refractivity (Wildman–Crippen MR) is 271 cm³/mol. The Labute approximate surface area is 393 Å². The van der Waals surface area contributed by atoms with Gasteiger partial charge >= 0.3 is 0 Å². The highest BCUT2D eigenvalue weighted by molar-refractivity contribution is 8.17. The third-order valence-corrected chi connectivity index (χ3v) is 15.1. The van der Waals surface area contributed by atoms with Gasteiger partial charge in [-0.05, 0) is 51.6 Å². The van der Waals surface area contributed by atoms with Crippen molar-refractivity contribution in [2.24, 2.45) is 0 Å². The molecule has 0 rings (SSSR count). The average Bonchev–Trinajstić information content (AvgIpc) is 3.22.